The van der Waals surface area contributed by atoms with E-state index in [0.29, 0.717) is 36.1 Å². The van der Waals surface area contributed by atoms with E-state index in [1.807, 2.05) is 6.92 Å². The van der Waals surface area contributed by atoms with Crippen LogP contribution in [0.25, 0.3) is 0 Å². The maximum atomic E-state index is 12.3. The lowest BCUT2D eigenvalue weighted by Gasteiger charge is -2.10. The second-order valence-corrected chi connectivity index (χ2v) is 5.70. The van der Waals surface area contributed by atoms with Crippen molar-refractivity contribution in [2.45, 2.75) is 32.7 Å². The Bertz CT molecular complexity index is 843. The molecule has 1 aliphatic rings. The highest BCUT2D eigenvalue weighted by Gasteiger charge is 2.34. The lowest BCUT2D eigenvalue weighted by Crippen LogP contribution is -2.24. The minimum Gasteiger partial charge on any atom is -0.462 e. The number of rotatable bonds is 6. The first-order chi connectivity index (χ1) is 12.5. The Labute approximate surface area is 149 Å². The Kier molecular flexibility index (Phi) is 4.97. The van der Waals surface area contributed by atoms with E-state index in [1.165, 1.54) is 4.68 Å². The van der Waals surface area contributed by atoms with Crippen LogP contribution in [-0.2, 0) is 20.7 Å². The summed E-state index contributed by atoms with van der Waals surface area (Å²) in [4.78, 5) is 40.1. The van der Waals surface area contributed by atoms with Crippen molar-refractivity contribution in [2.24, 2.45) is 0 Å². The molecule has 3 rings (SSSR count). The SMILES string of the molecule is CCOC(=O)c1ccc(NC(=O)C[C@@H]2C(=O)Nc3nc(CC)nn32)cc1. The molecule has 1 atom stereocenters. The van der Waals surface area contributed by atoms with Crippen molar-refractivity contribution in [1.29, 1.82) is 0 Å². The largest absolute Gasteiger partial charge is 0.462 e. The minimum absolute atomic E-state index is 0.0645. The molecule has 1 aliphatic heterocycles. The van der Waals surface area contributed by atoms with E-state index in [4.69, 9.17) is 4.74 Å². The molecular weight excluding hydrogens is 338 g/mol. The van der Waals surface area contributed by atoms with Gasteiger partial charge in [-0.25, -0.2) is 9.48 Å². The zero-order chi connectivity index (χ0) is 18.7. The summed E-state index contributed by atoms with van der Waals surface area (Å²) < 4.78 is 6.36. The molecule has 0 saturated carbocycles. The maximum Gasteiger partial charge on any atom is 0.338 e. The van der Waals surface area contributed by atoms with E-state index in [1.54, 1.807) is 31.2 Å². The number of nitrogens with zero attached hydrogens (tertiary/aromatic N) is 3. The van der Waals surface area contributed by atoms with Crippen LogP contribution in [0.1, 0.15) is 42.5 Å². The van der Waals surface area contributed by atoms with Gasteiger partial charge in [0.25, 0.3) is 5.91 Å². The number of hydrogen-bond donors (Lipinski definition) is 2. The summed E-state index contributed by atoms with van der Waals surface area (Å²) in [6, 6.07) is 5.62. The summed E-state index contributed by atoms with van der Waals surface area (Å²) in [6.45, 7) is 3.94. The molecule has 0 unspecified atom stereocenters. The Morgan fingerprint density at radius 3 is 2.65 bits per heavy atom. The molecule has 2 aromatic rings. The fourth-order valence-electron chi connectivity index (χ4n) is 2.60. The Hall–Kier alpha value is -3.23. The van der Waals surface area contributed by atoms with Crippen molar-refractivity contribution < 1.29 is 19.1 Å². The van der Waals surface area contributed by atoms with Gasteiger partial charge in [0.1, 0.15) is 6.04 Å². The molecule has 2 heterocycles. The van der Waals surface area contributed by atoms with Gasteiger partial charge in [0.2, 0.25) is 11.9 Å². The molecule has 9 heteroatoms. The van der Waals surface area contributed by atoms with Gasteiger partial charge in [-0.3, -0.25) is 14.9 Å². The summed E-state index contributed by atoms with van der Waals surface area (Å²) in [5, 5.41) is 9.57. The van der Waals surface area contributed by atoms with E-state index in [-0.39, 0.29) is 18.2 Å². The van der Waals surface area contributed by atoms with Crippen LogP contribution in [0.2, 0.25) is 0 Å². The Balaban J connectivity index is 1.63. The predicted octanol–water partition coefficient (Wildman–Crippen LogP) is 1.54. The summed E-state index contributed by atoms with van der Waals surface area (Å²) in [7, 11) is 0. The van der Waals surface area contributed by atoms with Crippen LogP contribution in [0.3, 0.4) is 0 Å². The van der Waals surface area contributed by atoms with Gasteiger partial charge in [-0.05, 0) is 31.2 Å². The van der Waals surface area contributed by atoms with Gasteiger partial charge >= 0.3 is 5.97 Å². The van der Waals surface area contributed by atoms with Crippen molar-refractivity contribution in [1.82, 2.24) is 14.8 Å². The number of ether oxygens (including phenoxy) is 1. The van der Waals surface area contributed by atoms with Gasteiger partial charge in [0, 0.05) is 12.1 Å². The zero-order valence-electron chi connectivity index (χ0n) is 14.5. The molecule has 0 spiro atoms. The summed E-state index contributed by atoms with van der Waals surface area (Å²) >= 11 is 0. The van der Waals surface area contributed by atoms with Gasteiger partial charge in [0.05, 0.1) is 18.6 Å². The molecular formula is C17H19N5O4. The maximum absolute atomic E-state index is 12.3. The molecule has 1 aromatic heterocycles. The molecule has 0 radical (unpaired) electrons. The van der Waals surface area contributed by atoms with Crippen LogP contribution in [0.5, 0.6) is 0 Å². The second-order valence-electron chi connectivity index (χ2n) is 5.70. The first-order valence-corrected chi connectivity index (χ1v) is 8.35. The number of fused-ring (bicyclic) bond motifs is 1. The molecule has 2 amide bonds. The lowest BCUT2D eigenvalue weighted by atomic mass is 10.1. The van der Waals surface area contributed by atoms with Crippen molar-refractivity contribution in [3.05, 3.63) is 35.7 Å². The third-order valence-corrected chi connectivity index (χ3v) is 3.88. The molecule has 0 fully saturated rings. The molecule has 0 bridgehead atoms. The topological polar surface area (TPSA) is 115 Å². The van der Waals surface area contributed by atoms with Gasteiger partial charge in [-0.15, -0.1) is 0 Å². The number of aromatic nitrogens is 3. The summed E-state index contributed by atoms with van der Waals surface area (Å²) in [6.07, 6.45) is 0.576. The standard InChI is InChI=1S/C17H19N5O4/c1-3-13-19-17-20-15(24)12(22(17)21-13)9-14(23)18-11-7-5-10(6-8-11)16(25)26-4-2/h5-8,12H,3-4,9H2,1-2H3,(H,18,23)(H,19,20,21,24)/t12-/m1/s1. The van der Waals surface area contributed by atoms with Crippen LogP contribution in [0.15, 0.2) is 24.3 Å². The smallest absolute Gasteiger partial charge is 0.338 e. The highest BCUT2D eigenvalue weighted by atomic mass is 16.5. The lowest BCUT2D eigenvalue weighted by molar-refractivity contribution is -0.123. The van der Waals surface area contributed by atoms with E-state index in [2.05, 4.69) is 20.7 Å². The van der Waals surface area contributed by atoms with Crippen LogP contribution >= 0.6 is 0 Å². The fourth-order valence-corrected chi connectivity index (χ4v) is 2.60. The Morgan fingerprint density at radius 1 is 1.27 bits per heavy atom. The molecule has 26 heavy (non-hydrogen) atoms. The number of benzene rings is 1. The number of amides is 2. The Morgan fingerprint density at radius 2 is 2.00 bits per heavy atom. The monoisotopic (exact) mass is 357 g/mol. The zero-order valence-corrected chi connectivity index (χ0v) is 14.5. The van der Waals surface area contributed by atoms with Gasteiger partial charge in [-0.2, -0.15) is 10.1 Å². The number of aryl methyl sites for hydroxylation is 1. The molecule has 0 aliphatic carbocycles. The number of anilines is 2. The molecule has 1 aromatic carbocycles. The number of carbonyl (C=O) groups is 3. The highest BCUT2D eigenvalue weighted by molar-refractivity contribution is 6.01. The van der Waals surface area contributed by atoms with Crippen LogP contribution < -0.4 is 10.6 Å². The van der Waals surface area contributed by atoms with Crippen LogP contribution in [-0.4, -0.2) is 39.2 Å². The minimum atomic E-state index is -0.725. The first-order valence-electron chi connectivity index (χ1n) is 8.35. The molecule has 9 nitrogen and oxygen atoms in total. The third kappa shape index (κ3) is 3.56. The van der Waals surface area contributed by atoms with Gasteiger partial charge < -0.3 is 10.1 Å². The van der Waals surface area contributed by atoms with E-state index in [9.17, 15) is 14.4 Å². The van der Waals surface area contributed by atoms with E-state index < -0.39 is 12.0 Å². The molecule has 136 valence electrons. The van der Waals surface area contributed by atoms with Gasteiger partial charge in [0.15, 0.2) is 5.82 Å². The first kappa shape index (κ1) is 17.6. The van der Waals surface area contributed by atoms with Crippen LogP contribution in [0, 0.1) is 0 Å². The van der Waals surface area contributed by atoms with Crippen molar-refractivity contribution in [3.8, 4) is 0 Å². The average molecular weight is 357 g/mol. The van der Waals surface area contributed by atoms with Crippen molar-refractivity contribution in [2.75, 3.05) is 17.2 Å². The average Bonchev–Trinajstić information content (AvgIpc) is 3.14. The highest BCUT2D eigenvalue weighted by Crippen LogP contribution is 2.25. The number of nitrogens with one attached hydrogen (secondary N) is 2. The van der Waals surface area contributed by atoms with E-state index in [0.717, 1.165) is 0 Å². The van der Waals surface area contributed by atoms with Gasteiger partial charge in [-0.1, -0.05) is 6.92 Å². The predicted molar refractivity (Wildman–Crippen MR) is 92.7 cm³/mol. The second kappa shape index (κ2) is 7.34. The van der Waals surface area contributed by atoms with Crippen molar-refractivity contribution in [3.63, 3.8) is 0 Å². The van der Waals surface area contributed by atoms with Crippen molar-refractivity contribution >= 4 is 29.4 Å². The third-order valence-electron chi connectivity index (χ3n) is 3.88. The van der Waals surface area contributed by atoms with Crippen LogP contribution in [0.4, 0.5) is 11.6 Å². The molecule has 2 N–H and O–H groups in total. The quantitative estimate of drug-likeness (QED) is 0.758. The summed E-state index contributed by atoms with van der Waals surface area (Å²) in [5.41, 5.74) is 0.925. The normalized spacial score (nSPS) is 15.3. The summed E-state index contributed by atoms with van der Waals surface area (Å²) in [5.74, 6) is -0.0901. The molecule has 0 saturated heterocycles. The fraction of sp³-hybridized carbons (Fsp3) is 0.353. The number of carbonyl (C=O) groups excluding carboxylic acids is 3. The number of esters is 1. The number of hydrogen-bond acceptors (Lipinski definition) is 6. The van der Waals surface area contributed by atoms with E-state index >= 15 is 0 Å².